The van der Waals surface area contributed by atoms with Crippen molar-refractivity contribution in [3.8, 4) is 0 Å². The summed E-state index contributed by atoms with van der Waals surface area (Å²) in [5.41, 5.74) is 4.17. The highest BCUT2D eigenvalue weighted by Crippen LogP contribution is 2.14. The molecule has 0 fully saturated rings. The standard InChI is InChI=1S/C20H40O5S.CH3NO/c1-2-3-4-5-6-7-8-9-10-11-12-13-14-15-16-26-24-18-19(17-21)25-20(22)23;2-1-3/h19,21H,2-18H2,1H3,(H,22,23);1H,(H2,2,3). The van der Waals surface area contributed by atoms with Gasteiger partial charge in [0.15, 0.2) is 6.10 Å². The number of unbranched alkanes of at least 4 members (excludes halogenated alkanes) is 13. The highest BCUT2D eigenvalue weighted by atomic mass is 32.2. The van der Waals surface area contributed by atoms with Crippen molar-refractivity contribution in [3.63, 3.8) is 0 Å². The molecule has 0 aliphatic heterocycles. The predicted octanol–water partition coefficient (Wildman–Crippen LogP) is 5.29. The summed E-state index contributed by atoms with van der Waals surface area (Å²) in [4.78, 5) is 18.9. The van der Waals surface area contributed by atoms with Gasteiger partial charge in [-0.2, -0.15) is 0 Å². The Morgan fingerprint density at radius 3 is 1.72 bits per heavy atom. The summed E-state index contributed by atoms with van der Waals surface area (Å²) in [6.07, 6.45) is 16.9. The summed E-state index contributed by atoms with van der Waals surface area (Å²) in [6, 6.07) is 0. The first-order valence-corrected chi connectivity index (χ1v) is 11.9. The van der Waals surface area contributed by atoms with Gasteiger partial charge in [-0.25, -0.2) is 4.79 Å². The van der Waals surface area contributed by atoms with E-state index in [2.05, 4.69) is 17.4 Å². The molecular weight excluding hydrogens is 394 g/mol. The van der Waals surface area contributed by atoms with Crippen molar-refractivity contribution in [1.82, 2.24) is 0 Å². The van der Waals surface area contributed by atoms with Gasteiger partial charge in [0.05, 0.1) is 6.61 Å². The van der Waals surface area contributed by atoms with Gasteiger partial charge in [0.2, 0.25) is 6.41 Å². The molecule has 0 rings (SSSR count). The lowest BCUT2D eigenvalue weighted by Gasteiger charge is -2.12. The number of aliphatic hydroxyl groups excluding tert-OH is 1. The van der Waals surface area contributed by atoms with E-state index in [1.54, 1.807) is 0 Å². The molecule has 8 heteroatoms. The Morgan fingerprint density at radius 2 is 1.34 bits per heavy atom. The maximum Gasteiger partial charge on any atom is 0.506 e. The van der Waals surface area contributed by atoms with Crippen molar-refractivity contribution in [2.75, 3.05) is 19.0 Å². The minimum absolute atomic E-state index is 0.0894. The van der Waals surface area contributed by atoms with Crippen LogP contribution >= 0.6 is 12.0 Å². The van der Waals surface area contributed by atoms with E-state index in [4.69, 9.17) is 19.2 Å². The van der Waals surface area contributed by atoms with Gasteiger partial charge in [-0.05, 0) is 18.5 Å². The van der Waals surface area contributed by atoms with Crippen LogP contribution in [0.3, 0.4) is 0 Å². The number of aliphatic hydroxyl groups is 1. The van der Waals surface area contributed by atoms with E-state index in [9.17, 15) is 4.79 Å². The molecule has 0 aromatic heterocycles. The number of carboxylic acid groups (broad SMARTS) is 1. The third kappa shape index (κ3) is 29.3. The molecule has 0 spiro atoms. The molecule has 0 saturated heterocycles. The number of nitrogens with two attached hydrogens (primary N) is 1. The number of primary amides is 1. The maximum absolute atomic E-state index is 10.4. The van der Waals surface area contributed by atoms with Crippen LogP contribution < -0.4 is 5.73 Å². The third-order valence-electron chi connectivity index (χ3n) is 4.39. The second-order valence-corrected chi connectivity index (χ2v) is 7.91. The molecule has 1 atom stereocenters. The molecule has 0 saturated carbocycles. The maximum atomic E-state index is 10.4. The Bertz CT molecular complexity index is 347. The van der Waals surface area contributed by atoms with Crippen LogP contribution in [0, 0.1) is 0 Å². The normalized spacial score (nSPS) is 11.4. The largest absolute Gasteiger partial charge is 0.506 e. The number of amides is 1. The first kappa shape index (κ1) is 30.2. The summed E-state index contributed by atoms with van der Waals surface area (Å²) < 4.78 is 9.73. The van der Waals surface area contributed by atoms with Gasteiger partial charge in [0.1, 0.15) is 6.61 Å². The van der Waals surface area contributed by atoms with Crippen LogP contribution in [-0.4, -0.2) is 47.8 Å². The van der Waals surface area contributed by atoms with Gasteiger partial charge in [-0.15, -0.1) is 0 Å². The van der Waals surface area contributed by atoms with Crippen LogP contribution in [0.15, 0.2) is 0 Å². The zero-order chi connectivity index (χ0) is 22.0. The third-order valence-corrected chi connectivity index (χ3v) is 5.15. The van der Waals surface area contributed by atoms with Crippen LogP contribution in [-0.2, 0) is 13.7 Å². The molecule has 0 aromatic carbocycles. The van der Waals surface area contributed by atoms with Crippen molar-refractivity contribution in [2.24, 2.45) is 5.73 Å². The molecule has 1 amide bonds. The lowest BCUT2D eigenvalue weighted by molar-refractivity contribution is -0.106. The van der Waals surface area contributed by atoms with Gasteiger partial charge < -0.3 is 24.9 Å². The zero-order valence-electron chi connectivity index (χ0n) is 18.2. The monoisotopic (exact) mass is 437 g/mol. The van der Waals surface area contributed by atoms with E-state index in [0.29, 0.717) is 0 Å². The molecule has 29 heavy (non-hydrogen) atoms. The highest BCUT2D eigenvalue weighted by molar-refractivity contribution is 7.94. The Labute approximate surface area is 181 Å². The number of carbonyl (C=O) groups is 2. The Balaban J connectivity index is 0. The zero-order valence-corrected chi connectivity index (χ0v) is 19.0. The number of hydrogen-bond donors (Lipinski definition) is 3. The summed E-state index contributed by atoms with van der Waals surface area (Å²) in [5, 5.41) is 17.4. The fourth-order valence-corrected chi connectivity index (χ4v) is 3.49. The van der Waals surface area contributed by atoms with E-state index in [1.165, 1.54) is 95.5 Å². The van der Waals surface area contributed by atoms with E-state index in [1.807, 2.05) is 0 Å². The molecule has 0 heterocycles. The van der Waals surface area contributed by atoms with Gasteiger partial charge in [0.25, 0.3) is 0 Å². The lowest BCUT2D eigenvalue weighted by atomic mass is 10.0. The number of hydrogen-bond acceptors (Lipinski definition) is 6. The van der Waals surface area contributed by atoms with Gasteiger partial charge in [-0.1, -0.05) is 90.4 Å². The highest BCUT2D eigenvalue weighted by Gasteiger charge is 2.12. The summed E-state index contributed by atoms with van der Waals surface area (Å²) >= 11 is 1.32. The average molecular weight is 438 g/mol. The van der Waals surface area contributed by atoms with Crippen molar-refractivity contribution >= 4 is 24.6 Å². The summed E-state index contributed by atoms with van der Waals surface area (Å²) in [5.74, 6) is 0.892. The van der Waals surface area contributed by atoms with E-state index in [0.717, 1.165) is 12.2 Å². The fraction of sp³-hybridized carbons (Fsp3) is 0.905. The van der Waals surface area contributed by atoms with Crippen LogP contribution in [0.4, 0.5) is 4.79 Å². The SMILES string of the molecule is CCCCCCCCCCCCCCCCSOCC(CO)OC(=O)O.NC=O. The molecule has 0 radical (unpaired) electrons. The fourth-order valence-electron chi connectivity index (χ4n) is 2.81. The topological polar surface area (TPSA) is 119 Å². The van der Waals surface area contributed by atoms with E-state index < -0.39 is 12.3 Å². The second kappa shape index (κ2) is 27.0. The van der Waals surface area contributed by atoms with Crippen LogP contribution in [0.25, 0.3) is 0 Å². The second-order valence-electron chi connectivity index (χ2n) is 7.03. The molecule has 7 nitrogen and oxygen atoms in total. The van der Waals surface area contributed by atoms with Gasteiger partial charge in [0, 0.05) is 5.75 Å². The number of ether oxygens (including phenoxy) is 1. The predicted molar refractivity (Wildman–Crippen MR) is 119 cm³/mol. The Morgan fingerprint density at radius 1 is 0.931 bits per heavy atom. The Kier molecular flexibility index (Phi) is 28.1. The number of rotatable bonds is 20. The Hall–Kier alpha value is -0.990. The molecule has 0 aliphatic carbocycles. The number of carbonyl (C=O) groups excluding carboxylic acids is 1. The summed E-state index contributed by atoms with van der Waals surface area (Å²) in [7, 11) is 0. The minimum atomic E-state index is -1.38. The molecule has 0 aliphatic rings. The van der Waals surface area contributed by atoms with Crippen molar-refractivity contribution in [3.05, 3.63) is 0 Å². The van der Waals surface area contributed by atoms with Gasteiger partial charge in [-0.3, -0.25) is 4.79 Å². The van der Waals surface area contributed by atoms with Crippen LogP contribution in [0.2, 0.25) is 0 Å². The van der Waals surface area contributed by atoms with Crippen molar-refractivity contribution in [1.29, 1.82) is 0 Å². The first-order valence-electron chi connectivity index (χ1n) is 11.0. The minimum Gasteiger partial charge on any atom is -0.450 e. The summed E-state index contributed by atoms with van der Waals surface area (Å²) in [6.45, 7) is 2.00. The molecule has 0 bridgehead atoms. The quantitative estimate of drug-likeness (QED) is 0.102. The van der Waals surface area contributed by atoms with E-state index >= 15 is 0 Å². The molecule has 1 unspecified atom stereocenters. The molecule has 4 N–H and O–H groups in total. The first-order chi connectivity index (χ1) is 14.1. The lowest BCUT2D eigenvalue weighted by Crippen LogP contribution is -2.25. The van der Waals surface area contributed by atoms with Crippen molar-refractivity contribution < 1.29 is 28.7 Å². The molecular formula is C21H43NO6S. The van der Waals surface area contributed by atoms with Crippen molar-refractivity contribution in [2.45, 2.75) is 103 Å². The van der Waals surface area contributed by atoms with Crippen LogP contribution in [0.1, 0.15) is 96.8 Å². The molecule has 0 aromatic rings. The van der Waals surface area contributed by atoms with E-state index in [-0.39, 0.29) is 19.6 Å². The molecule has 174 valence electrons. The van der Waals surface area contributed by atoms with Gasteiger partial charge >= 0.3 is 6.16 Å². The van der Waals surface area contributed by atoms with Crippen LogP contribution in [0.5, 0.6) is 0 Å². The smallest absolute Gasteiger partial charge is 0.450 e. The average Bonchev–Trinajstić information content (AvgIpc) is 2.69.